The van der Waals surface area contributed by atoms with E-state index in [4.69, 9.17) is 19.9 Å². The molecule has 1 atom stereocenters. The Bertz CT molecular complexity index is 1350. The number of halogens is 2. The molecule has 0 saturated carbocycles. The third-order valence-corrected chi connectivity index (χ3v) is 6.23. The maximum Gasteiger partial charge on any atom is 0.283 e. The Morgan fingerprint density at radius 3 is 2.67 bits per heavy atom. The molecule has 33 heavy (non-hydrogen) atoms. The van der Waals surface area contributed by atoms with E-state index < -0.39 is 17.2 Å². The van der Waals surface area contributed by atoms with E-state index in [2.05, 4.69) is 9.98 Å². The fourth-order valence-corrected chi connectivity index (χ4v) is 4.58. The van der Waals surface area contributed by atoms with Gasteiger partial charge >= 0.3 is 0 Å². The summed E-state index contributed by atoms with van der Waals surface area (Å²) >= 11 is 0. The third-order valence-electron chi connectivity index (χ3n) is 6.23. The monoisotopic (exact) mass is 447 g/mol. The molecule has 1 aromatic heterocycles. The highest BCUT2D eigenvalue weighted by atomic mass is 19.1. The minimum atomic E-state index is -1.01. The van der Waals surface area contributed by atoms with Crippen LogP contribution < -0.4 is 10.5 Å². The average molecular weight is 447 g/mol. The van der Waals surface area contributed by atoms with Gasteiger partial charge in [-0.2, -0.15) is 0 Å². The molecular weight excluding hydrogens is 428 g/mol. The molecule has 1 spiro atoms. The molecule has 8 heteroatoms. The van der Waals surface area contributed by atoms with Gasteiger partial charge in [0.1, 0.15) is 24.0 Å². The van der Waals surface area contributed by atoms with Gasteiger partial charge in [-0.05, 0) is 59.5 Å². The lowest BCUT2D eigenvalue weighted by Crippen LogP contribution is -2.31. The van der Waals surface area contributed by atoms with Crippen LogP contribution in [0.4, 0.5) is 8.78 Å². The number of fused-ring (bicyclic) bond motifs is 4. The van der Waals surface area contributed by atoms with Gasteiger partial charge < -0.3 is 19.9 Å². The zero-order chi connectivity index (χ0) is 22.6. The summed E-state index contributed by atoms with van der Waals surface area (Å²) in [5.41, 5.74) is 9.01. The van der Waals surface area contributed by atoms with E-state index >= 15 is 0 Å². The molecule has 3 aromatic rings. The SMILES string of the molecule is NC1=N[C@@]2(CO1)c1cc(-c3cc(F)ccc3F)ccc1Oc1ncc(C3=CCOCC3)cc12. The molecule has 0 amide bonds. The van der Waals surface area contributed by atoms with Gasteiger partial charge in [0.2, 0.25) is 5.88 Å². The van der Waals surface area contributed by atoms with Crippen LogP contribution in [0.25, 0.3) is 16.7 Å². The van der Waals surface area contributed by atoms with Crippen molar-refractivity contribution in [3.8, 4) is 22.8 Å². The van der Waals surface area contributed by atoms with Crippen LogP contribution in [0.15, 0.2) is 59.7 Å². The first-order valence-corrected chi connectivity index (χ1v) is 10.6. The van der Waals surface area contributed by atoms with Crippen molar-refractivity contribution >= 4 is 11.6 Å². The summed E-state index contributed by atoms with van der Waals surface area (Å²) in [5, 5.41) is 0. The van der Waals surface area contributed by atoms with Crippen LogP contribution in [-0.2, 0) is 15.0 Å². The zero-order valence-electron chi connectivity index (χ0n) is 17.5. The summed E-state index contributed by atoms with van der Waals surface area (Å²) in [4.78, 5) is 9.23. The fraction of sp³-hybridized carbons (Fsp3) is 0.200. The maximum atomic E-state index is 14.5. The van der Waals surface area contributed by atoms with Gasteiger partial charge in [-0.15, -0.1) is 0 Å². The molecule has 4 heterocycles. The van der Waals surface area contributed by atoms with E-state index in [1.807, 2.05) is 12.1 Å². The number of aliphatic imine (C=N–C) groups is 1. The second-order valence-corrected chi connectivity index (χ2v) is 8.17. The van der Waals surface area contributed by atoms with E-state index in [1.54, 1.807) is 24.4 Å². The summed E-state index contributed by atoms with van der Waals surface area (Å²) in [6.45, 7) is 1.34. The van der Waals surface area contributed by atoms with Gasteiger partial charge in [0, 0.05) is 17.3 Å². The van der Waals surface area contributed by atoms with Crippen LogP contribution in [0, 0.1) is 11.6 Å². The van der Waals surface area contributed by atoms with Crippen LogP contribution in [0.3, 0.4) is 0 Å². The molecule has 0 saturated heterocycles. The highest BCUT2D eigenvalue weighted by Crippen LogP contribution is 2.51. The molecule has 3 aliphatic heterocycles. The van der Waals surface area contributed by atoms with Crippen molar-refractivity contribution in [3.63, 3.8) is 0 Å². The lowest BCUT2D eigenvalue weighted by atomic mass is 9.80. The van der Waals surface area contributed by atoms with Gasteiger partial charge in [0.25, 0.3) is 6.02 Å². The Morgan fingerprint density at radius 2 is 1.88 bits per heavy atom. The quantitative estimate of drug-likeness (QED) is 0.625. The molecule has 0 bridgehead atoms. The Balaban J connectivity index is 1.54. The van der Waals surface area contributed by atoms with E-state index in [0.29, 0.717) is 41.5 Å². The average Bonchev–Trinajstić information content (AvgIpc) is 3.23. The Kier molecular flexibility index (Phi) is 4.45. The normalized spacial score (nSPS) is 20.9. The van der Waals surface area contributed by atoms with Gasteiger partial charge in [0.15, 0.2) is 5.54 Å². The standard InChI is InChI=1S/C25H19F2N3O3/c26-17-2-3-21(27)18(11-17)15-1-4-22-19(9-15)25(13-32-24(28)30-25)20-10-16(12-29-23(20)33-22)14-5-7-31-8-6-14/h1-5,9-12H,6-8,13H2,(H2,28,30)/t25-/m0/s1. The second kappa shape index (κ2) is 7.38. The highest BCUT2D eigenvalue weighted by molar-refractivity contribution is 5.78. The number of aromatic nitrogens is 1. The maximum absolute atomic E-state index is 14.5. The molecular formula is C25H19F2N3O3. The van der Waals surface area contributed by atoms with Gasteiger partial charge in [0.05, 0.1) is 18.8 Å². The van der Waals surface area contributed by atoms with Gasteiger partial charge in [-0.1, -0.05) is 12.1 Å². The molecule has 3 aliphatic rings. The van der Waals surface area contributed by atoms with Crippen molar-refractivity contribution in [2.45, 2.75) is 12.0 Å². The Hall–Kier alpha value is -3.78. The molecule has 6 nitrogen and oxygen atoms in total. The number of nitrogens with zero attached hydrogens (tertiary/aromatic N) is 2. The Morgan fingerprint density at radius 1 is 1.00 bits per heavy atom. The molecule has 0 unspecified atom stereocenters. The highest BCUT2D eigenvalue weighted by Gasteiger charge is 2.48. The minimum Gasteiger partial charge on any atom is -0.462 e. The molecule has 2 aromatic carbocycles. The number of hydrogen-bond acceptors (Lipinski definition) is 6. The summed E-state index contributed by atoms with van der Waals surface area (Å²) < 4.78 is 45.5. The molecule has 6 rings (SSSR count). The first-order valence-electron chi connectivity index (χ1n) is 10.6. The number of amidine groups is 1. The predicted octanol–water partition coefficient (Wildman–Crippen LogP) is 4.52. The van der Waals surface area contributed by atoms with Crippen molar-refractivity contribution < 1.29 is 23.0 Å². The van der Waals surface area contributed by atoms with E-state index in [1.165, 1.54) is 6.07 Å². The summed E-state index contributed by atoms with van der Waals surface area (Å²) in [6, 6.07) is 10.5. The predicted molar refractivity (Wildman–Crippen MR) is 118 cm³/mol. The molecule has 166 valence electrons. The topological polar surface area (TPSA) is 79.0 Å². The number of benzene rings is 2. The molecule has 0 radical (unpaired) electrons. The Labute approximate surface area is 188 Å². The largest absolute Gasteiger partial charge is 0.462 e. The number of pyridine rings is 1. The van der Waals surface area contributed by atoms with Crippen molar-refractivity contribution in [2.24, 2.45) is 10.7 Å². The van der Waals surface area contributed by atoms with Gasteiger partial charge in [-0.25, -0.2) is 18.8 Å². The van der Waals surface area contributed by atoms with Crippen LogP contribution >= 0.6 is 0 Å². The minimum absolute atomic E-state index is 0.0480. The summed E-state index contributed by atoms with van der Waals surface area (Å²) in [7, 11) is 0. The second-order valence-electron chi connectivity index (χ2n) is 8.17. The first kappa shape index (κ1) is 19.9. The van der Waals surface area contributed by atoms with E-state index in [0.717, 1.165) is 29.7 Å². The summed E-state index contributed by atoms with van der Waals surface area (Å²) in [5.74, 6) is -0.129. The van der Waals surface area contributed by atoms with Crippen LogP contribution in [0.5, 0.6) is 11.6 Å². The van der Waals surface area contributed by atoms with E-state index in [-0.39, 0.29) is 18.2 Å². The van der Waals surface area contributed by atoms with Crippen molar-refractivity contribution in [3.05, 3.63) is 83.1 Å². The van der Waals surface area contributed by atoms with Gasteiger partial charge in [-0.3, -0.25) is 0 Å². The van der Waals surface area contributed by atoms with Crippen LogP contribution in [0.2, 0.25) is 0 Å². The molecule has 2 N–H and O–H groups in total. The van der Waals surface area contributed by atoms with Crippen molar-refractivity contribution in [1.82, 2.24) is 4.98 Å². The van der Waals surface area contributed by atoms with E-state index in [9.17, 15) is 8.78 Å². The number of ether oxygens (including phenoxy) is 3. The lowest BCUT2D eigenvalue weighted by Gasteiger charge is -2.33. The van der Waals surface area contributed by atoms with Crippen molar-refractivity contribution in [2.75, 3.05) is 19.8 Å². The summed E-state index contributed by atoms with van der Waals surface area (Å²) in [6.07, 6.45) is 4.58. The molecule has 0 fully saturated rings. The van der Waals surface area contributed by atoms with Crippen LogP contribution in [-0.4, -0.2) is 30.8 Å². The molecule has 0 aliphatic carbocycles. The number of rotatable bonds is 2. The smallest absolute Gasteiger partial charge is 0.283 e. The van der Waals surface area contributed by atoms with Crippen LogP contribution in [0.1, 0.15) is 23.1 Å². The third kappa shape index (κ3) is 3.17. The first-order chi connectivity index (χ1) is 16.0. The van der Waals surface area contributed by atoms with Crippen molar-refractivity contribution in [1.29, 1.82) is 0 Å². The number of nitrogens with two attached hydrogens (primary N) is 1. The zero-order valence-corrected chi connectivity index (χ0v) is 17.5. The number of hydrogen-bond donors (Lipinski definition) is 1. The lowest BCUT2D eigenvalue weighted by molar-refractivity contribution is 0.161. The fourth-order valence-electron chi connectivity index (χ4n) is 4.58.